The Morgan fingerprint density at radius 3 is 2.92 bits per heavy atom. The number of halogens is 2. The molecule has 0 radical (unpaired) electrons. The van der Waals surface area contributed by atoms with Gasteiger partial charge in [0.15, 0.2) is 0 Å². The third-order valence-electron chi connectivity index (χ3n) is 2.13. The molecule has 2 aromatic rings. The highest BCUT2D eigenvalue weighted by molar-refractivity contribution is 14.1. The van der Waals surface area contributed by atoms with Gasteiger partial charge in [0, 0.05) is 10.0 Å². The fourth-order valence-electron chi connectivity index (χ4n) is 1.39. The van der Waals surface area contributed by atoms with Crippen LogP contribution in [0.5, 0.6) is 0 Å². The molecule has 0 fully saturated rings. The fourth-order valence-corrected chi connectivity index (χ4v) is 4.28. The van der Waals surface area contributed by atoms with Crippen LogP contribution in [0.3, 0.4) is 0 Å². The van der Waals surface area contributed by atoms with Crippen LogP contribution in [0.2, 0.25) is 0 Å². The molecule has 0 aliphatic heterocycles. The van der Waals surface area contributed by atoms with Crippen molar-refractivity contribution in [3.8, 4) is 0 Å². The van der Waals surface area contributed by atoms with E-state index in [2.05, 4.69) is 63.6 Å². The van der Waals surface area contributed by atoms with Crippen LogP contribution in [0.4, 0.5) is 0 Å². The summed E-state index contributed by atoms with van der Waals surface area (Å²) in [5, 5.41) is 2.32. The highest BCUT2D eigenvalue weighted by atomic mass is 127. The average Bonchev–Trinajstić information content (AvgIpc) is 2.45. The Kier molecular flexibility index (Phi) is 2.95. The molecule has 1 aromatic carbocycles. The van der Waals surface area contributed by atoms with Gasteiger partial charge in [-0.3, -0.25) is 0 Å². The average molecular weight is 367 g/mol. The van der Waals surface area contributed by atoms with Crippen LogP contribution in [0.25, 0.3) is 10.1 Å². The van der Waals surface area contributed by atoms with Crippen LogP contribution in [0.1, 0.15) is 11.1 Å². The smallest absolute Gasteiger partial charge is 0.0666 e. The number of aryl methyl sites for hydroxylation is 1. The van der Waals surface area contributed by atoms with Gasteiger partial charge in [0.2, 0.25) is 0 Å². The van der Waals surface area contributed by atoms with Gasteiger partial charge in [0.1, 0.15) is 0 Å². The molecule has 0 aliphatic rings. The van der Waals surface area contributed by atoms with Gasteiger partial charge in [0.05, 0.1) is 2.88 Å². The Labute approximate surface area is 104 Å². The fraction of sp³-hybridized carbons (Fsp3) is 0.200. The Balaban J connectivity index is 2.82. The molecule has 13 heavy (non-hydrogen) atoms. The van der Waals surface area contributed by atoms with Crippen molar-refractivity contribution in [3.05, 3.63) is 32.2 Å². The summed E-state index contributed by atoms with van der Waals surface area (Å²) in [4.78, 5) is 0. The number of rotatable bonds is 1. The molecule has 0 saturated carbocycles. The zero-order valence-electron chi connectivity index (χ0n) is 7.10. The lowest BCUT2D eigenvalue weighted by Gasteiger charge is -2.02. The van der Waals surface area contributed by atoms with Crippen LogP contribution in [0.15, 0.2) is 18.2 Å². The maximum absolute atomic E-state index is 3.54. The van der Waals surface area contributed by atoms with Crippen molar-refractivity contribution in [1.29, 1.82) is 0 Å². The molecular formula is C10H8BrIS. The lowest BCUT2D eigenvalue weighted by atomic mass is 10.1. The van der Waals surface area contributed by atoms with Crippen molar-refractivity contribution < 1.29 is 0 Å². The molecule has 68 valence electrons. The van der Waals surface area contributed by atoms with E-state index in [1.54, 1.807) is 0 Å². The third-order valence-corrected chi connectivity index (χ3v) is 4.66. The second-order valence-electron chi connectivity index (χ2n) is 2.96. The second kappa shape index (κ2) is 3.87. The van der Waals surface area contributed by atoms with Gasteiger partial charge in [0.25, 0.3) is 0 Å². The number of hydrogen-bond acceptors (Lipinski definition) is 1. The molecule has 3 heteroatoms. The van der Waals surface area contributed by atoms with E-state index in [1.165, 1.54) is 24.1 Å². The summed E-state index contributed by atoms with van der Waals surface area (Å²) in [5.41, 5.74) is 2.81. The first-order chi connectivity index (χ1) is 6.22. The quantitative estimate of drug-likeness (QED) is 0.506. The van der Waals surface area contributed by atoms with Crippen molar-refractivity contribution in [1.82, 2.24) is 0 Å². The van der Waals surface area contributed by atoms with Crippen molar-refractivity contribution in [2.45, 2.75) is 12.3 Å². The molecule has 0 bridgehead atoms. The summed E-state index contributed by atoms with van der Waals surface area (Å²) in [7, 11) is 0. The van der Waals surface area contributed by atoms with Crippen LogP contribution in [-0.4, -0.2) is 0 Å². The Hall–Kier alpha value is 0.390. The predicted molar refractivity (Wildman–Crippen MR) is 71.9 cm³/mol. The number of benzene rings is 1. The number of hydrogen-bond donors (Lipinski definition) is 0. The zero-order chi connectivity index (χ0) is 9.42. The van der Waals surface area contributed by atoms with Gasteiger partial charge >= 0.3 is 0 Å². The van der Waals surface area contributed by atoms with Crippen LogP contribution in [-0.2, 0) is 5.33 Å². The van der Waals surface area contributed by atoms with E-state index < -0.39 is 0 Å². The summed E-state index contributed by atoms with van der Waals surface area (Å²) < 4.78 is 2.79. The largest absolute Gasteiger partial charge is 0.129 e. The normalized spacial score (nSPS) is 11.0. The number of thiophene rings is 1. The molecule has 0 N–H and O–H groups in total. The third kappa shape index (κ3) is 1.78. The van der Waals surface area contributed by atoms with Crippen LogP contribution >= 0.6 is 49.9 Å². The van der Waals surface area contributed by atoms with Crippen molar-refractivity contribution in [2.75, 3.05) is 0 Å². The minimum atomic E-state index is 0.951. The van der Waals surface area contributed by atoms with Crippen LogP contribution in [0, 0.1) is 9.81 Å². The first-order valence-electron chi connectivity index (χ1n) is 3.96. The highest BCUT2D eigenvalue weighted by Gasteiger charge is 2.06. The number of fused-ring (bicyclic) bond motifs is 1. The van der Waals surface area contributed by atoms with Gasteiger partial charge in [-0.2, -0.15) is 0 Å². The van der Waals surface area contributed by atoms with Crippen LogP contribution < -0.4 is 0 Å². The van der Waals surface area contributed by atoms with Gasteiger partial charge in [-0.1, -0.05) is 28.1 Å². The summed E-state index contributed by atoms with van der Waals surface area (Å²) in [6.07, 6.45) is 0. The topological polar surface area (TPSA) is 0 Å². The van der Waals surface area contributed by atoms with E-state index in [1.807, 2.05) is 11.3 Å². The first-order valence-corrected chi connectivity index (χ1v) is 6.97. The van der Waals surface area contributed by atoms with Crippen molar-refractivity contribution >= 4 is 59.9 Å². The van der Waals surface area contributed by atoms with E-state index in [0.29, 0.717) is 0 Å². The van der Waals surface area contributed by atoms with E-state index in [4.69, 9.17) is 0 Å². The summed E-state index contributed by atoms with van der Waals surface area (Å²) in [6.45, 7) is 2.17. The van der Waals surface area contributed by atoms with Gasteiger partial charge in [-0.25, -0.2) is 0 Å². The van der Waals surface area contributed by atoms with E-state index in [-0.39, 0.29) is 0 Å². The molecule has 0 atom stereocenters. The monoisotopic (exact) mass is 366 g/mol. The predicted octanol–water partition coefficient (Wildman–Crippen LogP) is 4.71. The van der Waals surface area contributed by atoms with Crippen molar-refractivity contribution in [2.24, 2.45) is 0 Å². The second-order valence-corrected chi connectivity index (χ2v) is 6.47. The lowest BCUT2D eigenvalue weighted by molar-refractivity contribution is 1.37. The zero-order valence-corrected chi connectivity index (χ0v) is 11.7. The maximum atomic E-state index is 3.54. The highest BCUT2D eigenvalue weighted by Crippen LogP contribution is 2.32. The SMILES string of the molecule is Cc1ccc2cc(I)sc2c1CBr. The molecule has 0 saturated heterocycles. The molecule has 0 amide bonds. The minimum absolute atomic E-state index is 0.951. The summed E-state index contributed by atoms with van der Waals surface area (Å²) >= 11 is 7.80. The lowest BCUT2D eigenvalue weighted by Crippen LogP contribution is -1.83. The Bertz CT molecular complexity index is 447. The van der Waals surface area contributed by atoms with Gasteiger partial charge in [-0.05, 0) is 52.1 Å². The Morgan fingerprint density at radius 2 is 2.23 bits per heavy atom. The van der Waals surface area contributed by atoms with Crippen molar-refractivity contribution in [3.63, 3.8) is 0 Å². The molecular weight excluding hydrogens is 359 g/mol. The Morgan fingerprint density at radius 1 is 1.46 bits per heavy atom. The molecule has 0 nitrogen and oxygen atoms in total. The molecule has 0 unspecified atom stereocenters. The minimum Gasteiger partial charge on any atom is -0.129 e. The van der Waals surface area contributed by atoms with E-state index in [9.17, 15) is 0 Å². The molecule has 2 rings (SSSR count). The first kappa shape index (κ1) is 9.93. The van der Waals surface area contributed by atoms with Gasteiger partial charge in [-0.15, -0.1) is 11.3 Å². The standard InChI is InChI=1S/C10H8BrIS/c1-6-2-3-7-4-9(12)13-10(7)8(6)5-11/h2-4H,5H2,1H3. The molecule has 1 heterocycles. The van der Waals surface area contributed by atoms with Gasteiger partial charge < -0.3 is 0 Å². The van der Waals surface area contributed by atoms with E-state index in [0.717, 1.165) is 5.33 Å². The number of alkyl halides is 1. The molecule has 0 aliphatic carbocycles. The maximum Gasteiger partial charge on any atom is 0.0666 e. The summed E-state index contributed by atoms with van der Waals surface area (Å²) in [5.74, 6) is 0. The summed E-state index contributed by atoms with van der Waals surface area (Å²) in [6, 6.07) is 6.64. The molecule has 1 aromatic heterocycles. The van der Waals surface area contributed by atoms with E-state index >= 15 is 0 Å². The molecule has 0 spiro atoms.